The Labute approximate surface area is 93.2 Å². The third kappa shape index (κ3) is 11.8. The highest BCUT2D eigenvalue weighted by atomic mass is 16.5. The summed E-state index contributed by atoms with van der Waals surface area (Å²) in [5, 5.41) is 9.56. The van der Waals surface area contributed by atoms with Gasteiger partial charge in [0.1, 0.15) is 0 Å². The first-order valence-corrected chi connectivity index (χ1v) is 5.43. The van der Waals surface area contributed by atoms with Crippen LogP contribution in [0.1, 0.15) is 20.3 Å². The Morgan fingerprint density at radius 1 is 1.20 bits per heavy atom. The van der Waals surface area contributed by atoms with Crippen molar-refractivity contribution in [2.45, 2.75) is 25.9 Å². The van der Waals surface area contributed by atoms with Gasteiger partial charge >= 0.3 is 0 Å². The molecule has 4 heteroatoms. The van der Waals surface area contributed by atoms with E-state index in [0.29, 0.717) is 13.2 Å². The zero-order chi connectivity index (χ0) is 11.7. The number of hydrogen-bond acceptors (Lipinski definition) is 4. The Morgan fingerprint density at radius 3 is 2.40 bits per heavy atom. The van der Waals surface area contributed by atoms with Crippen LogP contribution in [-0.2, 0) is 9.47 Å². The second-order valence-corrected chi connectivity index (χ2v) is 4.51. The van der Waals surface area contributed by atoms with Gasteiger partial charge in [0.25, 0.3) is 0 Å². The lowest BCUT2D eigenvalue weighted by Gasteiger charge is -2.25. The lowest BCUT2D eigenvalue weighted by atomic mass is 10.1. The summed E-state index contributed by atoms with van der Waals surface area (Å²) < 4.78 is 10.3. The van der Waals surface area contributed by atoms with Crippen molar-refractivity contribution in [2.24, 2.45) is 0 Å². The molecule has 0 heterocycles. The number of hydrogen-bond donors (Lipinski definition) is 1. The van der Waals surface area contributed by atoms with Crippen LogP contribution in [0.3, 0.4) is 0 Å². The Morgan fingerprint density at radius 2 is 1.87 bits per heavy atom. The van der Waals surface area contributed by atoms with Gasteiger partial charge in [0.2, 0.25) is 0 Å². The first kappa shape index (κ1) is 14.8. The third-order valence-electron chi connectivity index (χ3n) is 1.91. The van der Waals surface area contributed by atoms with Gasteiger partial charge in [0, 0.05) is 33.4 Å². The van der Waals surface area contributed by atoms with Crippen molar-refractivity contribution >= 4 is 0 Å². The summed E-state index contributed by atoms with van der Waals surface area (Å²) in [6.07, 6.45) is 0.936. The molecular formula is C11H25NO3. The minimum Gasteiger partial charge on any atom is -0.389 e. The predicted molar refractivity (Wildman–Crippen MR) is 61.1 cm³/mol. The van der Waals surface area contributed by atoms with Gasteiger partial charge in [-0.15, -0.1) is 0 Å². The van der Waals surface area contributed by atoms with Crippen LogP contribution in [0.5, 0.6) is 0 Å². The molecule has 0 unspecified atom stereocenters. The van der Waals surface area contributed by atoms with Gasteiger partial charge in [-0.2, -0.15) is 0 Å². The molecule has 0 aromatic carbocycles. The average molecular weight is 219 g/mol. The largest absolute Gasteiger partial charge is 0.389 e. The van der Waals surface area contributed by atoms with E-state index in [0.717, 1.165) is 26.2 Å². The summed E-state index contributed by atoms with van der Waals surface area (Å²) in [6.45, 7) is 7.32. The molecule has 1 N–H and O–H groups in total. The Hall–Kier alpha value is -0.160. The molecule has 0 saturated carbocycles. The van der Waals surface area contributed by atoms with Crippen LogP contribution < -0.4 is 0 Å². The quantitative estimate of drug-likeness (QED) is 0.581. The average Bonchev–Trinajstić information content (AvgIpc) is 2.08. The van der Waals surface area contributed by atoms with Crippen molar-refractivity contribution < 1.29 is 14.6 Å². The Bertz CT molecular complexity index is 145. The van der Waals surface area contributed by atoms with Gasteiger partial charge in [0.15, 0.2) is 0 Å². The number of rotatable bonds is 9. The molecule has 4 nitrogen and oxygen atoms in total. The summed E-state index contributed by atoms with van der Waals surface area (Å²) in [5.74, 6) is 0. The first-order chi connectivity index (χ1) is 6.95. The summed E-state index contributed by atoms with van der Waals surface area (Å²) >= 11 is 0. The maximum absolute atomic E-state index is 9.56. The minimum absolute atomic E-state index is 0.634. The summed E-state index contributed by atoms with van der Waals surface area (Å²) in [6, 6.07) is 0. The molecule has 0 amide bonds. The highest BCUT2D eigenvalue weighted by Crippen LogP contribution is 2.02. The second kappa shape index (κ2) is 8.05. The molecule has 0 saturated heterocycles. The van der Waals surface area contributed by atoms with Crippen molar-refractivity contribution in [3.8, 4) is 0 Å². The van der Waals surface area contributed by atoms with Crippen molar-refractivity contribution in [1.82, 2.24) is 4.90 Å². The van der Waals surface area contributed by atoms with E-state index in [1.165, 1.54) is 0 Å². The van der Waals surface area contributed by atoms with E-state index in [4.69, 9.17) is 9.47 Å². The van der Waals surface area contributed by atoms with Gasteiger partial charge in [-0.1, -0.05) is 0 Å². The minimum atomic E-state index is -0.634. The number of methoxy groups -OCH3 is 1. The van der Waals surface area contributed by atoms with Gasteiger partial charge in [0.05, 0.1) is 12.2 Å². The molecule has 0 aliphatic carbocycles. The zero-order valence-electron chi connectivity index (χ0n) is 10.5. The maximum atomic E-state index is 9.56. The molecule has 0 bridgehead atoms. The summed E-state index contributed by atoms with van der Waals surface area (Å²) in [4.78, 5) is 2.07. The summed E-state index contributed by atoms with van der Waals surface area (Å²) in [5.41, 5.74) is -0.634. The Kier molecular flexibility index (Phi) is 7.96. The van der Waals surface area contributed by atoms with Crippen molar-refractivity contribution in [3.05, 3.63) is 0 Å². The number of ether oxygens (including phenoxy) is 2. The standard InChI is InChI=1S/C11H25NO3/c1-11(2,13)10-12(3)6-9-15-8-5-7-14-4/h13H,5-10H2,1-4H3. The van der Waals surface area contributed by atoms with Crippen molar-refractivity contribution in [2.75, 3.05) is 47.1 Å². The molecule has 0 aliphatic heterocycles. The summed E-state index contributed by atoms with van der Waals surface area (Å²) in [7, 11) is 3.67. The fraction of sp³-hybridized carbons (Fsp3) is 1.00. The molecule has 0 aliphatic rings. The van der Waals surface area contributed by atoms with Crippen molar-refractivity contribution in [1.29, 1.82) is 0 Å². The van der Waals surface area contributed by atoms with E-state index in [-0.39, 0.29) is 0 Å². The monoisotopic (exact) mass is 219 g/mol. The Balaban J connectivity index is 3.28. The first-order valence-electron chi connectivity index (χ1n) is 5.43. The number of likely N-dealkylation sites (N-methyl/N-ethyl adjacent to an activating group) is 1. The second-order valence-electron chi connectivity index (χ2n) is 4.51. The van der Waals surface area contributed by atoms with Crippen molar-refractivity contribution in [3.63, 3.8) is 0 Å². The van der Waals surface area contributed by atoms with E-state index >= 15 is 0 Å². The van der Waals surface area contributed by atoms with Gasteiger partial charge in [-0.25, -0.2) is 0 Å². The van der Waals surface area contributed by atoms with Crippen LogP contribution in [0.2, 0.25) is 0 Å². The van der Waals surface area contributed by atoms with Gasteiger partial charge in [-0.3, -0.25) is 0 Å². The molecule has 0 aromatic heterocycles. The van der Waals surface area contributed by atoms with Crippen LogP contribution in [0.25, 0.3) is 0 Å². The van der Waals surface area contributed by atoms with Gasteiger partial charge in [-0.05, 0) is 27.3 Å². The highest BCUT2D eigenvalue weighted by Gasteiger charge is 2.14. The van der Waals surface area contributed by atoms with Crippen LogP contribution in [0, 0.1) is 0 Å². The normalized spacial score (nSPS) is 12.4. The third-order valence-corrected chi connectivity index (χ3v) is 1.91. The van der Waals surface area contributed by atoms with Crippen LogP contribution >= 0.6 is 0 Å². The van der Waals surface area contributed by atoms with E-state index < -0.39 is 5.60 Å². The predicted octanol–water partition coefficient (Wildman–Crippen LogP) is 0.742. The van der Waals surface area contributed by atoms with Crippen LogP contribution in [0.4, 0.5) is 0 Å². The van der Waals surface area contributed by atoms with Crippen LogP contribution in [0.15, 0.2) is 0 Å². The molecule has 0 spiro atoms. The smallest absolute Gasteiger partial charge is 0.0718 e. The maximum Gasteiger partial charge on any atom is 0.0718 e. The van der Waals surface area contributed by atoms with E-state index in [1.807, 2.05) is 20.9 Å². The molecule has 0 fully saturated rings. The fourth-order valence-corrected chi connectivity index (χ4v) is 1.37. The molecule has 0 aromatic rings. The van der Waals surface area contributed by atoms with E-state index in [2.05, 4.69) is 4.90 Å². The topological polar surface area (TPSA) is 41.9 Å². The number of aliphatic hydroxyl groups is 1. The molecule has 92 valence electrons. The fourth-order valence-electron chi connectivity index (χ4n) is 1.37. The lowest BCUT2D eigenvalue weighted by Crippen LogP contribution is -2.37. The van der Waals surface area contributed by atoms with E-state index in [1.54, 1.807) is 7.11 Å². The molecule has 15 heavy (non-hydrogen) atoms. The number of nitrogens with zero attached hydrogens (tertiary/aromatic N) is 1. The van der Waals surface area contributed by atoms with Gasteiger partial charge < -0.3 is 19.5 Å². The molecular weight excluding hydrogens is 194 g/mol. The molecule has 0 rings (SSSR count). The van der Waals surface area contributed by atoms with E-state index in [9.17, 15) is 5.11 Å². The van der Waals surface area contributed by atoms with Crippen LogP contribution in [-0.4, -0.2) is 62.7 Å². The SMILES string of the molecule is COCCCOCCN(C)CC(C)(C)O. The lowest BCUT2D eigenvalue weighted by molar-refractivity contribution is 0.0305. The molecule has 0 radical (unpaired) electrons. The zero-order valence-corrected chi connectivity index (χ0v) is 10.5. The highest BCUT2D eigenvalue weighted by molar-refractivity contribution is 4.69. The molecule has 0 atom stereocenters.